The number of hydrogen-bond donors (Lipinski definition) is 1. The summed E-state index contributed by atoms with van der Waals surface area (Å²) in [4.78, 5) is 25.0. The lowest BCUT2D eigenvalue weighted by Gasteiger charge is -2.32. The van der Waals surface area contributed by atoms with E-state index in [1.807, 2.05) is 6.92 Å². The molecule has 0 radical (unpaired) electrons. The first-order valence-corrected chi connectivity index (χ1v) is 6.50. The van der Waals surface area contributed by atoms with Crippen molar-refractivity contribution in [2.45, 2.75) is 45.1 Å². The number of rotatable bonds is 5. The molecule has 1 amide bonds. The van der Waals surface area contributed by atoms with E-state index in [4.69, 9.17) is 5.73 Å². The third-order valence-corrected chi connectivity index (χ3v) is 3.97. The maximum Gasteiger partial charge on any atom is 0.305 e. The van der Waals surface area contributed by atoms with Crippen LogP contribution in [0, 0.1) is 5.41 Å². The van der Waals surface area contributed by atoms with Gasteiger partial charge in [-0.3, -0.25) is 9.59 Å². The minimum Gasteiger partial charge on any atom is -0.469 e. The predicted molar refractivity (Wildman–Crippen MR) is 68.8 cm³/mol. The van der Waals surface area contributed by atoms with Crippen molar-refractivity contribution in [1.82, 2.24) is 4.90 Å². The summed E-state index contributed by atoms with van der Waals surface area (Å²) in [5, 5.41) is 0. The number of amides is 1. The molecule has 0 aromatic carbocycles. The third-order valence-electron chi connectivity index (χ3n) is 3.97. The van der Waals surface area contributed by atoms with Crippen molar-refractivity contribution in [1.29, 1.82) is 0 Å². The Hall–Kier alpha value is -1.10. The number of esters is 1. The standard InChI is InChI=1S/C13H24N2O3/c1-13(8-4-6-10(13)14)12(17)15(2)9-5-7-11(16)18-3/h10H,4-9,14H2,1-3H3. The molecule has 0 saturated heterocycles. The highest BCUT2D eigenvalue weighted by atomic mass is 16.5. The van der Waals surface area contributed by atoms with Crippen molar-refractivity contribution in [3.8, 4) is 0 Å². The highest BCUT2D eigenvalue weighted by Crippen LogP contribution is 2.38. The van der Waals surface area contributed by atoms with Gasteiger partial charge in [-0.15, -0.1) is 0 Å². The van der Waals surface area contributed by atoms with Gasteiger partial charge in [0.1, 0.15) is 0 Å². The van der Waals surface area contributed by atoms with Crippen molar-refractivity contribution < 1.29 is 14.3 Å². The van der Waals surface area contributed by atoms with Crippen molar-refractivity contribution in [2.24, 2.45) is 11.1 Å². The molecule has 18 heavy (non-hydrogen) atoms. The number of nitrogens with zero attached hydrogens (tertiary/aromatic N) is 1. The summed E-state index contributed by atoms with van der Waals surface area (Å²) < 4.78 is 4.57. The molecule has 0 aromatic heterocycles. The van der Waals surface area contributed by atoms with E-state index in [1.165, 1.54) is 7.11 Å². The quantitative estimate of drug-likeness (QED) is 0.742. The summed E-state index contributed by atoms with van der Waals surface area (Å²) in [5.74, 6) is -0.142. The van der Waals surface area contributed by atoms with E-state index in [-0.39, 0.29) is 17.9 Å². The molecule has 1 aliphatic carbocycles. The van der Waals surface area contributed by atoms with Gasteiger partial charge in [0.15, 0.2) is 0 Å². The zero-order valence-electron chi connectivity index (χ0n) is 11.6. The molecule has 2 atom stereocenters. The second-order valence-electron chi connectivity index (χ2n) is 5.32. The number of carbonyl (C=O) groups excluding carboxylic acids is 2. The molecule has 0 aromatic rings. The highest BCUT2D eigenvalue weighted by Gasteiger charge is 2.44. The molecule has 2 unspecified atom stereocenters. The van der Waals surface area contributed by atoms with Crippen LogP contribution in [0.15, 0.2) is 0 Å². The topological polar surface area (TPSA) is 72.6 Å². The van der Waals surface area contributed by atoms with Gasteiger partial charge in [-0.05, 0) is 26.2 Å². The van der Waals surface area contributed by atoms with Gasteiger partial charge >= 0.3 is 5.97 Å². The molecular formula is C13H24N2O3. The fourth-order valence-electron chi connectivity index (χ4n) is 2.56. The molecule has 5 heteroatoms. The van der Waals surface area contributed by atoms with Crippen molar-refractivity contribution in [3.63, 3.8) is 0 Å². The Balaban J connectivity index is 2.44. The Labute approximate surface area is 109 Å². The summed E-state index contributed by atoms with van der Waals surface area (Å²) in [7, 11) is 3.14. The first kappa shape index (κ1) is 15.0. The third kappa shape index (κ3) is 3.22. The fourth-order valence-corrected chi connectivity index (χ4v) is 2.56. The van der Waals surface area contributed by atoms with Crippen LogP contribution >= 0.6 is 0 Å². The minimum atomic E-state index is -0.431. The lowest BCUT2D eigenvalue weighted by molar-refractivity contribution is -0.143. The number of ether oxygens (including phenoxy) is 1. The smallest absolute Gasteiger partial charge is 0.305 e. The summed E-state index contributed by atoms with van der Waals surface area (Å²) >= 11 is 0. The fraction of sp³-hybridized carbons (Fsp3) is 0.846. The monoisotopic (exact) mass is 256 g/mol. The van der Waals surface area contributed by atoms with E-state index in [0.717, 1.165) is 19.3 Å². The zero-order chi connectivity index (χ0) is 13.8. The van der Waals surface area contributed by atoms with Crippen LogP contribution in [-0.2, 0) is 14.3 Å². The van der Waals surface area contributed by atoms with Gasteiger partial charge in [0, 0.05) is 26.1 Å². The first-order chi connectivity index (χ1) is 8.41. The van der Waals surface area contributed by atoms with Gasteiger partial charge < -0.3 is 15.4 Å². The molecule has 5 nitrogen and oxygen atoms in total. The Bertz CT molecular complexity index is 319. The van der Waals surface area contributed by atoms with Gasteiger partial charge in [0.25, 0.3) is 0 Å². The van der Waals surface area contributed by atoms with Crippen LogP contribution in [0.3, 0.4) is 0 Å². The van der Waals surface area contributed by atoms with Crippen LogP contribution in [-0.4, -0.2) is 43.5 Å². The van der Waals surface area contributed by atoms with Crippen LogP contribution in [0.2, 0.25) is 0 Å². The Morgan fingerprint density at radius 1 is 1.50 bits per heavy atom. The molecule has 104 valence electrons. The summed E-state index contributed by atoms with van der Waals surface area (Å²) in [5.41, 5.74) is 5.60. The number of hydrogen-bond acceptors (Lipinski definition) is 4. The number of methoxy groups -OCH3 is 1. The molecular weight excluding hydrogens is 232 g/mol. The Kier molecular flexibility index (Phi) is 5.14. The maximum atomic E-state index is 12.4. The molecule has 1 fully saturated rings. The molecule has 2 N–H and O–H groups in total. The van der Waals surface area contributed by atoms with E-state index < -0.39 is 5.41 Å². The van der Waals surface area contributed by atoms with Crippen molar-refractivity contribution >= 4 is 11.9 Å². The van der Waals surface area contributed by atoms with Gasteiger partial charge in [-0.1, -0.05) is 6.42 Å². The van der Waals surface area contributed by atoms with E-state index >= 15 is 0 Å². The molecule has 1 rings (SSSR count). The van der Waals surface area contributed by atoms with Gasteiger partial charge in [-0.25, -0.2) is 0 Å². The van der Waals surface area contributed by atoms with Crippen LogP contribution < -0.4 is 5.73 Å². The molecule has 0 bridgehead atoms. The lowest BCUT2D eigenvalue weighted by Crippen LogP contribution is -2.48. The molecule has 0 heterocycles. The second kappa shape index (κ2) is 6.18. The minimum absolute atomic E-state index is 0.0481. The van der Waals surface area contributed by atoms with E-state index in [0.29, 0.717) is 19.4 Å². The van der Waals surface area contributed by atoms with Crippen LogP contribution in [0.1, 0.15) is 39.0 Å². The van der Waals surface area contributed by atoms with E-state index in [9.17, 15) is 9.59 Å². The largest absolute Gasteiger partial charge is 0.469 e. The zero-order valence-corrected chi connectivity index (χ0v) is 11.6. The second-order valence-corrected chi connectivity index (χ2v) is 5.32. The normalized spacial score (nSPS) is 27.0. The Morgan fingerprint density at radius 2 is 2.17 bits per heavy atom. The molecule has 0 spiro atoms. The first-order valence-electron chi connectivity index (χ1n) is 6.50. The summed E-state index contributed by atoms with van der Waals surface area (Å²) in [6.07, 6.45) is 3.75. The number of nitrogens with two attached hydrogens (primary N) is 1. The van der Waals surface area contributed by atoms with Gasteiger partial charge in [0.2, 0.25) is 5.91 Å². The molecule has 0 aliphatic heterocycles. The van der Waals surface area contributed by atoms with Crippen molar-refractivity contribution in [3.05, 3.63) is 0 Å². The lowest BCUT2D eigenvalue weighted by atomic mass is 9.83. The van der Waals surface area contributed by atoms with E-state index in [1.54, 1.807) is 11.9 Å². The average molecular weight is 256 g/mol. The Morgan fingerprint density at radius 3 is 2.67 bits per heavy atom. The van der Waals surface area contributed by atoms with Gasteiger partial charge in [0.05, 0.1) is 12.5 Å². The van der Waals surface area contributed by atoms with Crippen molar-refractivity contribution in [2.75, 3.05) is 20.7 Å². The number of carbonyl (C=O) groups is 2. The highest BCUT2D eigenvalue weighted by molar-refractivity contribution is 5.83. The molecule has 1 saturated carbocycles. The SMILES string of the molecule is COC(=O)CCCN(C)C(=O)C1(C)CCCC1N. The average Bonchev–Trinajstić information content (AvgIpc) is 2.69. The molecule has 1 aliphatic rings. The predicted octanol–water partition coefficient (Wildman–Crippen LogP) is 0.915. The van der Waals surface area contributed by atoms with Crippen LogP contribution in [0.5, 0.6) is 0 Å². The summed E-state index contributed by atoms with van der Waals surface area (Å²) in [6.45, 7) is 2.51. The van der Waals surface area contributed by atoms with Gasteiger partial charge in [-0.2, -0.15) is 0 Å². The van der Waals surface area contributed by atoms with Crippen LogP contribution in [0.25, 0.3) is 0 Å². The van der Waals surface area contributed by atoms with E-state index in [2.05, 4.69) is 4.74 Å². The van der Waals surface area contributed by atoms with Crippen LogP contribution in [0.4, 0.5) is 0 Å². The summed E-state index contributed by atoms with van der Waals surface area (Å²) in [6, 6.07) is -0.0481. The maximum absolute atomic E-state index is 12.4.